The van der Waals surface area contributed by atoms with E-state index in [0.717, 1.165) is 24.2 Å². The van der Waals surface area contributed by atoms with Crippen LogP contribution in [0, 0.1) is 6.92 Å². The molecule has 2 N–H and O–H groups in total. The number of carbonyl (C=O) groups is 1. The van der Waals surface area contributed by atoms with E-state index < -0.39 is 5.91 Å². The molecule has 16 heavy (non-hydrogen) atoms. The minimum absolute atomic E-state index is 0.307. The molecular formula is C13H17NO2. The van der Waals surface area contributed by atoms with Crippen LogP contribution in [0.2, 0.25) is 0 Å². The monoisotopic (exact) mass is 219 g/mol. The summed E-state index contributed by atoms with van der Waals surface area (Å²) in [5.74, 6) is 0.388. The van der Waals surface area contributed by atoms with Crippen LogP contribution < -0.4 is 10.5 Å². The summed E-state index contributed by atoms with van der Waals surface area (Å²) in [6.45, 7) is 1.98. The number of ether oxygens (including phenoxy) is 1. The van der Waals surface area contributed by atoms with E-state index in [1.165, 1.54) is 12.8 Å². The zero-order valence-electron chi connectivity index (χ0n) is 9.53. The van der Waals surface area contributed by atoms with E-state index in [1.807, 2.05) is 13.0 Å². The molecule has 1 aliphatic carbocycles. The summed E-state index contributed by atoms with van der Waals surface area (Å²) in [6, 6.07) is 5.36. The second-order valence-corrected chi connectivity index (χ2v) is 4.37. The molecule has 1 aromatic rings. The molecule has 0 heterocycles. The molecular weight excluding hydrogens is 202 g/mol. The quantitative estimate of drug-likeness (QED) is 0.848. The lowest BCUT2D eigenvalue weighted by Crippen LogP contribution is -2.14. The highest BCUT2D eigenvalue weighted by Crippen LogP contribution is 2.27. The van der Waals surface area contributed by atoms with Gasteiger partial charge in [0, 0.05) is 5.56 Å². The number of carbonyl (C=O) groups excluding carboxylic acids is 1. The van der Waals surface area contributed by atoms with Gasteiger partial charge in [0.2, 0.25) is 5.91 Å². The lowest BCUT2D eigenvalue weighted by atomic mass is 10.1. The first-order chi connectivity index (χ1) is 7.66. The van der Waals surface area contributed by atoms with Crippen LogP contribution in [0.1, 0.15) is 41.6 Å². The molecule has 1 amide bonds. The minimum Gasteiger partial charge on any atom is -0.490 e. The topological polar surface area (TPSA) is 52.3 Å². The van der Waals surface area contributed by atoms with Crippen LogP contribution in [-0.4, -0.2) is 12.0 Å². The molecule has 86 valence electrons. The van der Waals surface area contributed by atoms with Crippen molar-refractivity contribution in [2.75, 3.05) is 0 Å². The average molecular weight is 219 g/mol. The first-order valence-electron chi connectivity index (χ1n) is 5.74. The third kappa shape index (κ3) is 2.35. The van der Waals surface area contributed by atoms with Gasteiger partial charge in [-0.3, -0.25) is 4.79 Å². The molecule has 3 heteroatoms. The van der Waals surface area contributed by atoms with Crippen LogP contribution in [0.3, 0.4) is 0 Å². The Labute approximate surface area is 95.6 Å². The van der Waals surface area contributed by atoms with Gasteiger partial charge in [-0.05, 0) is 50.3 Å². The van der Waals surface area contributed by atoms with Crippen LogP contribution in [0.4, 0.5) is 0 Å². The van der Waals surface area contributed by atoms with Crippen molar-refractivity contribution in [1.82, 2.24) is 0 Å². The van der Waals surface area contributed by atoms with Crippen LogP contribution in [0.25, 0.3) is 0 Å². The van der Waals surface area contributed by atoms with Crippen molar-refractivity contribution < 1.29 is 9.53 Å². The van der Waals surface area contributed by atoms with Crippen molar-refractivity contribution in [1.29, 1.82) is 0 Å². The van der Waals surface area contributed by atoms with E-state index in [-0.39, 0.29) is 0 Å². The largest absolute Gasteiger partial charge is 0.490 e. The molecule has 0 aliphatic heterocycles. The van der Waals surface area contributed by atoms with E-state index in [2.05, 4.69) is 0 Å². The standard InChI is InChI=1S/C13H17NO2/c1-9-6-7-10(13(14)15)8-12(9)16-11-4-2-3-5-11/h6-8,11H,2-5H2,1H3,(H2,14,15). The Kier molecular flexibility index (Phi) is 3.13. The number of benzene rings is 1. The predicted molar refractivity (Wildman–Crippen MR) is 62.6 cm³/mol. The van der Waals surface area contributed by atoms with Crippen LogP contribution >= 0.6 is 0 Å². The molecule has 1 aromatic carbocycles. The lowest BCUT2D eigenvalue weighted by molar-refractivity contribution is 0.0999. The highest BCUT2D eigenvalue weighted by molar-refractivity contribution is 5.93. The molecule has 0 unspecified atom stereocenters. The summed E-state index contributed by atoms with van der Waals surface area (Å²) in [4.78, 5) is 11.1. The molecule has 3 nitrogen and oxygen atoms in total. The van der Waals surface area contributed by atoms with E-state index in [9.17, 15) is 4.79 Å². The lowest BCUT2D eigenvalue weighted by Gasteiger charge is -2.15. The Morgan fingerprint density at radius 3 is 2.69 bits per heavy atom. The molecule has 1 aliphatic rings. The number of hydrogen-bond donors (Lipinski definition) is 1. The van der Waals surface area contributed by atoms with Gasteiger partial charge in [-0.1, -0.05) is 6.07 Å². The summed E-state index contributed by atoms with van der Waals surface area (Å²) in [6.07, 6.45) is 5.00. The zero-order valence-corrected chi connectivity index (χ0v) is 9.53. The van der Waals surface area contributed by atoms with Gasteiger partial charge in [0.1, 0.15) is 5.75 Å². The minimum atomic E-state index is -0.406. The van der Waals surface area contributed by atoms with Gasteiger partial charge in [-0.2, -0.15) is 0 Å². The van der Waals surface area contributed by atoms with Crippen LogP contribution in [-0.2, 0) is 0 Å². The van der Waals surface area contributed by atoms with Crippen LogP contribution in [0.15, 0.2) is 18.2 Å². The maximum atomic E-state index is 11.1. The van der Waals surface area contributed by atoms with E-state index in [0.29, 0.717) is 11.7 Å². The average Bonchev–Trinajstić information content (AvgIpc) is 2.73. The van der Waals surface area contributed by atoms with Gasteiger partial charge in [0.05, 0.1) is 6.10 Å². The summed E-state index contributed by atoms with van der Waals surface area (Å²) in [5, 5.41) is 0. The number of primary amides is 1. The van der Waals surface area contributed by atoms with Crippen molar-refractivity contribution in [2.24, 2.45) is 5.73 Å². The number of hydrogen-bond acceptors (Lipinski definition) is 2. The van der Waals surface area contributed by atoms with E-state index in [4.69, 9.17) is 10.5 Å². The third-order valence-electron chi connectivity index (χ3n) is 3.07. The van der Waals surface area contributed by atoms with E-state index in [1.54, 1.807) is 12.1 Å². The summed E-state index contributed by atoms with van der Waals surface area (Å²) >= 11 is 0. The fraction of sp³-hybridized carbons (Fsp3) is 0.462. The molecule has 0 aromatic heterocycles. The molecule has 1 fully saturated rings. The first kappa shape index (κ1) is 11.0. The molecule has 0 radical (unpaired) electrons. The predicted octanol–water partition coefficient (Wildman–Crippen LogP) is 2.42. The van der Waals surface area contributed by atoms with Gasteiger partial charge in [-0.25, -0.2) is 0 Å². The van der Waals surface area contributed by atoms with Crippen molar-refractivity contribution >= 4 is 5.91 Å². The summed E-state index contributed by atoms with van der Waals surface area (Å²) in [5.41, 5.74) is 6.81. The molecule has 1 saturated carbocycles. The van der Waals surface area contributed by atoms with Gasteiger partial charge >= 0.3 is 0 Å². The summed E-state index contributed by atoms with van der Waals surface area (Å²) < 4.78 is 5.89. The van der Waals surface area contributed by atoms with Crippen molar-refractivity contribution in [3.8, 4) is 5.75 Å². The normalized spacial score (nSPS) is 16.3. The van der Waals surface area contributed by atoms with Gasteiger partial charge in [-0.15, -0.1) is 0 Å². The second kappa shape index (κ2) is 4.56. The second-order valence-electron chi connectivity index (χ2n) is 4.37. The van der Waals surface area contributed by atoms with Crippen molar-refractivity contribution in [2.45, 2.75) is 38.7 Å². The van der Waals surface area contributed by atoms with E-state index >= 15 is 0 Å². The highest BCUT2D eigenvalue weighted by atomic mass is 16.5. The zero-order chi connectivity index (χ0) is 11.5. The maximum Gasteiger partial charge on any atom is 0.248 e. The van der Waals surface area contributed by atoms with Gasteiger partial charge in [0.15, 0.2) is 0 Å². The number of rotatable bonds is 3. The smallest absolute Gasteiger partial charge is 0.248 e. The van der Waals surface area contributed by atoms with Gasteiger partial charge < -0.3 is 10.5 Å². The molecule has 0 atom stereocenters. The Balaban J connectivity index is 2.17. The van der Waals surface area contributed by atoms with Crippen molar-refractivity contribution in [3.05, 3.63) is 29.3 Å². The Hall–Kier alpha value is -1.51. The SMILES string of the molecule is Cc1ccc(C(N)=O)cc1OC1CCCC1. The molecule has 2 rings (SSSR count). The number of amides is 1. The van der Waals surface area contributed by atoms with Gasteiger partial charge in [0.25, 0.3) is 0 Å². The Bertz CT molecular complexity index is 395. The fourth-order valence-electron chi connectivity index (χ4n) is 2.07. The van der Waals surface area contributed by atoms with Crippen molar-refractivity contribution in [3.63, 3.8) is 0 Å². The Morgan fingerprint density at radius 2 is 2.06 bits per heavy atom. The highest BCUT2D eigenvalue weighted by Gasteiger charge is 2.17. The molecule has 0 spiro atoms. The molecule has 0 bridgehead atoms. The number of nitrogens with two attached hydrogens (primary N) is 1. The third-order valence-corrected chi connectivity index (χ3v) is 3.07. The molecule has 0 saturated heterocycles. The first-order valence-corrected chi connectivity index (χ1v) is 5.74. The Morgan fingerprint density at radius 1 is 1.38 bits per heavy atom. The maximum absolute atomic E-state index is 11.1. The summed E-state index contributed by atoms with van der Waals surface area (Å²) in [7, 11) is 0. The number of aryl methyl sites for hydroxylation is 1. The fourth-order valence-corrected chi connectivity index (χ4v) is 2.07. The van der Waals surface area contributed by atoms with Crippen LogP contribution in [0.5, 0.6) is 5.75 Å².